The Morgan fingerprint density at radius 3 is 2.15 bits per heavy atom. The minimum Gasteiger partial charge on any atom is -0.497 e. The number of carbonyl (C=O) groups excluding carboxylic acids is 2. The molecule has 0 atom stereocenters. The molecule has 0 spiro atoms. The molecule has 26 heavy (non-hydrogen) atoms. The molecule has 6 heteroatoms. The molecule has 0 aliphatic rings. The van der Waals surface area contributed by atoms with Gasteiger partial charge in [0, 0.05) is 17.8 Å². The molecule has 0 fully saturated rings. The number of benzene rings is 2. The molecule has 2 rings (SSSR count). The van der Waals surface area contributed by atoms with E-state index in [2.05, 4.69) is 5.32 Å². The smallest absolute Gasteiger partial charge is 0.338 e. The van der Waals surface area contributed by atoms with Crippen molar-refractivity contribution in [3.63, 3.8) is 0 Å². The maximum atomic E-state index is 12.1. The monoisotopic (exact) mass is 355 g/mol. The summed E-state index contributed by atoms with van der Waals surface area (Å²) in [6, 6.07) is 11.8. The summed E-state index contributed by atoms with van der Waals surface area (Å²) in [5.41, 5.74) is 1.79. The summed E-state index contributed by atoms with van der Waals surface area (Å²) in [7, 11) is 3.13. The lowest BCUT2D eigenvalue weighted by Crippen LogP contribution is -2.08. The van der Waals surface area contributed by atoms with Crippen LogP contribution in [0, 0.1) is 0 Å². The predicted molar refractivity (Wildman–Crippen MR) is 99.6 cm³/mol. The molecule has 0 unspecified atom stereocenters. The highest BCUT2D eigenvalue weighted by Crippen LogP contribution is 2.23. The lowest BCUT2D eigenvalue weighted by molar-refractivity contribution is -0.111. The van der Waals surface area contributed by atoms with E-state index in [1.807, 2.05) is 0 Å². The van der Waals surface area contributed by atoms with Gasteiger partial charge in [0.2, 0.25) is 5.91 Å². The van der Waals surface area contributed by atoms with Crippen LogP contribution in [0.4, 0.5) is 5.69 Å². The number of anilines is 1. The summed E-state index contributed by atoms with van der Waals surface area (Å²) in [6.45, 7) is 2.06. The largest absolute Gasteiger partial charge is 0.497 e. The molecule has 136 valence electrons. The third-order valence-electron chi connectivity index (χ3n) is 3.46. The lowest BCUT2D eigenvalue weighted by atomic mass is 10.2. The number of esters is 1. The molecule has 0 heterocycles. The van der Waals surface area contributed by atoms with E-state index in [0.717, 1.165) is 5.56 Å². The Morgan fingerprint density at radius 1 is 1.00 bits per heavy atom. The Bertz CT molecular complexity index is 774. The fourth-order valence-electron chi connectivity index (χ4n) is 2.19. The second kappa shape index (κ2) is 9.27. The number of hydrogen-bond donors (Lipinski definition) is 1. The predicted octanol–water partition coefficient (Wildman–Crippen LogP) is 3.53. The highest BCUT2D eigenvalue weighted by Gasteiger charge is 2.06. The molecular formula is C20H21NO5. The summed E-state index contributed by atoms with van der Waals surface area (Å²) < 4.78 is 15.3. The van der Waals surface area contributed by atoms with Crippen LogP contribution in [0.15, 0.2) is 48.5 Å². The first-order valence-electron chi connectivity index (χ1n) is 8.05. The topological polar surface area (TPSA) is 73.9 Å². The van der Waals surface area contributed by atoms with Crippen LogP contribution in [-0.4, -0.2) is 32.7 Å². The zero-order chi connectivity index (χ0) is 18.9. The zero-order valence-electron chi connectivity index (χ0n) is 14.9. The molecule has 0 aliphatic carbocycles. The third kappa shape index (κ3) is 5.37. The van der Waals surface area contributed by atoms with Gasteiger partial charge >= 0.3 is 5.97 Å². The van der Waals surface area contributed by atoms with Crippen molar-refractivity contribution in [3.8, 4) is 11.5 Å². The number of nitrogens with one attached hydrogen (secondary N) is 1. The molecule has 6 nitrogen and oxygen atoms in total. The molecule has 2 aromatic carbocycles. The van der Waals surface area contributed by atoms with E-state index < -0.39 is 5.97 Å². The van der Waals surface area contributed by atoms with Crippen LogP contribution in [0.3, 0.4) is 0 Å². The molecule has 1 N–H and O–H groups in total. The zero-order valence-corrected chi connectivity index (χ0v) is 14.9. The fourth-order valence-corrected chi connectivity index (χ4v) is 2.19. The van der Waals surface area contributed by atoms with Gasteiger partial charge in [0.05, 0.1) is 26.4 Å². The van der Waals surface area contributed by atoms with Crippen LogP contribution < -0.4 is 14.8 Å². The van der Waals surface area contributed by atoms with Crippen LogP contribution in [0.25, 0.3) is 6.08 Å². The molecule has 0 bridgehead atoms. The number of methoxy groups -OCH3 is 2. The molecule has 0 aliphatic heterocycles. The Hall–Kier alpha value is -3.28. The van der Waals surface area contributed by atoms with Gasteiger partial charge in [-0.15, -0.1) is 0 Å². The van der Waals surface area contributed by atoms with Crippen LogP contribution >= 0.6 is 0 Å². The van der Waals surface area contributed by atoms with Crippen molar-refractivity contribution in [2.45, 2.75) is 6.92 Å². The summed E-state index contributed by atoms with van der Waals surface area (Å²) in [5, 5.41) is 2.73. The number of rotatable bonds is 7. The average Bonchev–Trinajstić information content (AvgIpc) is 2.66. The van der Waals surface area contributed by atoms with E-state index in [4.69, 9.17) is 14.2 Å². The molecule has 2 aromatic rings. The normalized spacial score (nSPS) is 10.4. The van der Waals surface area contributed by atoms with Crippen molar-refractivity contribution >= 4 is 23.6 Å². The van der Waals surface area contributed by atoms with Crippen LogP contribution in [0.5, 0.6) is 11.5 Å². The van der Waals surface area contributed by atoms with Crippen LogP contribution in [0.2, 0.25) is 0 Å². The standard InChI is InChI=1S/C20H21NO5/c1-4-26-20(23)15-6-8-16(9-7-15)21-19(22)10-5-14-11-17(24-2)13-18(12-14)25-3/h5-13H,4H2,1-3H3,(H,21,22)/b10-5+. The summed E-state index contributed by atoms with van der Waals surface area (Å²) >= 11 is 0. The fraction of sp³-hybridized carbons (Fsp3) is 0.200. The first-order valence-corrected chi connectivity index (χ1v) is 8.05. The van der Waals surface area contributed by atoms with Crippen LogP contribution in [0.1, 0.15) is 22.8 Å². The highest BCUT2D eigenvalue weighted by molar-refractivity contribution is 6.02. The minimum absolute atomic E-state index is 0.296. The number of ether oxygens (including phenoxy) is 3. The SMILES string of the molecule is CCOC(=O)c1ccc(NC(=O)/C=C/c2cc(OC)cc(OC)c2)cc1. The average molecular weight is 355 g/mol. The molecule has 0 saturated heterocycles. The second-order valence-corrected chi connectivity index (χ2v) is 5.27. The maximum Gasteiger partial charge on any atom is 0.338 e. The van der Waals surface area contributed by atoms with E-state index in [0.29, 0.717) is 29.4 Å². The minimum atomic E-state index is -0.391. The van der Waals surface area contributed by atoms with Crippen molar-refractivity contribution in [2.75, 3.05) is 26.1 Å². The Balaban J connectivity index is 2.02. The van der Waals surface area contributed by atoms with Gasteiger partial charge in [0.15, 0.2) is 0 Å². The van der Waals surface area contributed by atoms with Crippen molar-refractivity contribution in [1.29, 1.82) is 0 Å². The Kier molecular flexibility index (Phi) is 6.79. The van der Waals surface area contributed by atoms with Gasteiger partial charge in [-0.1, -0.05) is 0 Å². The molecule has 1 amide bonds. The van der Waals surface area contributed by atoms with Gasteiger partial charge in [0.25, 0.3) is 0 Å². The van der Waals surface area contributed by atoms with Gasteiger partial charge in [-0.2, -0.15) is 0 Å². The summed E-state index contributed by atoms with van der Waals surface area (Å²) in [5.74, 6) is 0.589. The molecular weight excluding hydrogens is 334 g/mol. The lowest BCUT2D eigenvalue weighted by Gasteiger charge is -2.06. The molecule has 0 radical (unpaired) electrons. The van der Waals surface area contributed by atoms with Crippen molar-refractivity contribution in [1.82, 2.24) is 0 Å². The van der Waals surface area contributed by atoms with Crippen molar-refractivity contribution in [3.05, 3.63) is 59.7 Å². The first kappa shape index (κ1) is 19.1. The van der Waals surface area contributed by atoms with Gasteiger partial charge in [-0.3, -0.25) is 4.79 Å². The van der Waals surface area contributed by atoms with Crippen LogP contribution in [-0.2, 0) is 9.53 Å². The van der Waals surface area contributed by atoms with Crippen molar-refractivity contribution in [2.24, 2.45) is 0 Å². The van der Waals surface area contributed by atoms with Gasteiger partial charge in [-0.05, 0) is 55.0 Å². The van der Waals surface area contributed by atoms with E-state index in [1.54, 1.807) is 69.7 Å². The van der Waals surface area contributed by atoms with E-state index in [-0.39, 0.29) is 5.91 Å². The maximum absolute atomic E-state index is 12.1. The van der Waals surface area contributed by atoms with E-state index >= 15 is 0 Å². The number of hydrogen-bond acceptors (Lipinski definition) is 5. The molecule has 0 aromatic heterocycles. The van der Waals surface area contributed by atoms with Crippen molar-refractivity contribution < 1.29 is 23.8 Å². The molecule has 0 saturated carbocycles. The quantitative estimate of drug-likeness (QED) is 0.607. The summed E-state index contributed by atoms with van der Waals surface area (Å²) in [6.07, 6.45) is 3.07. The highest BCUT2D eigenvalue weighted by atomic mass is 16.5. The Morgan fingerprint density at radius 2 is 1.62 bits per heavy atom. The Labute approximate surface area is 152 Å². The third-order valence-corrected chi connectivity index (χ3v) is 3.46. The number of carbonyl (C=O) groups is 2. The first-order chi connectivity index (χ1) is 12.5. The van der Waals surface area contributed by atoms with E-state index in [1.165, 1.54) is 6.08 Å². The second-order valence-electron chi connectivity index (χ2n) is 5.27. The summed E-state index contributed by atoms with van der Waals surface area (Å²) in [4.78, 5) is 23.7. The van der Waals surface area contributed by atoms with Gasteiger partial charge in [0.1, 0.15) is 11.5 Å². The van der Waals surface area contributed by atoms with E-state index in [9.17, 15) is 9.59 Å². The van der Waals surface area contributed by atoms with Gasteiger partial charge in [-0.25, -0.2) is 4.79 Å². The van der Waals surface area contributed by atoms with Gasteiger partial charge < -0.3 is 19.5 Å². The number of amides is 1.